The second kappa shape index (κ2) is 13.3. The molecule has 3 aromatic carbocycles. The quantitative estimate of drug-likeness (QED) is 0.214. The van der Waals surface area contributed by atoms with Crippen molar-refractivity contribution in [3.8, 4) is 5.75 Å². The second-order valence-corrected chi connectivity index (χ2v) is 8.60. The Morgan fingerprint density at radius 2 is 1.57 bits per heavy atom. The van der Waals surface area contributed by atoms with Gasteiger partial charge in [0.15, 0.2) is 0 Å². The molecule has 4 nitrogen and oxygen atoms in total. The minimum Gasteiger partial charge on any atom is -0.492 e. The van der Waals surface area contributed by atoms with Gasteiger partial charge in [-0.25, -0.2) is 0 Å². The van der Waals surface area contributed by atoms with Crippen molar-refractivity contribution in [3.63, 3.8) is 0 Å². The SMILES string of the molecule is CC/C(=C(\c1ccccc1)c1ccc(OCCNC/C=C/C(=O)N(C)C)cc1)c1ccccc1C. The predicted octanol–water partition coefficient (Wildman–Crippen LogP) is 5.98. The van der Waals surface area contributed by atoms with Gasteiger partial charge in [0.2, 0.25) is 5.91 Å². The van der Waals surface area contributed by atoms with Gasteiger partial charge >= 0.3 is 0 Å². The van der Waals surface area contributed by atoms with Gasteiger partial charge in [-0.3, -0.25) is 4.79 Å². The van der Waals surface area contributed by atoms with Gasteiger partial charge in [-0.1, -0.05) is 79.7 Å². The summed E-state index contributed by atoms with van der Waals surface area (Å²) in [7, 11) is 3.48. The Kier molecular flexibility index (Phi) is 9.88. The number of carbonyl (C=O) groups is 1. The monoisotopic (exact) mass is 468 g/mol. The van der Waals surface area contributed by atoms with Crippen molar-refractivity contribution in [2.45, 2.75) is 20.3 Å². The molecule has 0 aliphatic rings. The smallest absolute Gasteiger partial charge is 0.245 e. The van der Waals surface area contributed by atoms with Crippen LogP contribution in [0.15, 0.2) is 91.0 Å². The lowest BCUT2D eigenvalue weighted by atomic mass is 9.87. The first-order chi connectivity index (χ1) is 17.0. The van der Waals surface area contributed by atoms with Crippen LogP contribution in [0.1, 0.15) is 35.6 Å². The Labute approximate surface area is 209 Å². The van der Waals surface area contributed by atoms with Crippen LogP contribution in [-0.2, 0) is 4.79 Å². The Hall–Kier alpha value is -3.63. The molecule has 182 valence electrons. The predicted molar refractivity (Wildman–Crippen MR) is 146 cm³/mol. The minimum absolute atomic E-state index is 0.0132. The molecule has 35 heavy (non-hydrogen) atoms. The highest BCUT2D eigenvalue weighted by atomic mass is 16.5. The maximum Gasteiger partial charge on any atom is 0.245 e. The molecule has 1 N–H and O–H groups in total. The molecule has 0 atom stereocenters. The molecule has 0 unspecified atom stereocenters. The number of nitrogens with one attached hydrogen (secondary N) is 1. The number of benzene rings is 3. The van der Waals surface area contributed by atoms with Gasteiger partial charge in [-0.2, -0.15) is 0 Å². The van der Waals surface area contributed by atoms with E-state index < -0.39 is 0 Å². The van der Waals surface area contributed by atoms with Crippen LogP contribution in [0.25, 0.3) is 11.1 Å². The molecule has 3 aromatic rings. The minimum atomic E-state index is -0.0132. The summed E-state index contributed by atoms with van der Waals surface area (Å²) in [4.78, 5) is 13.1. The molecule has 0 saturated carbocycles. The number of carbonyl (C=O) groups excluding carboxylic acids is 1. The molecule has 1 amide bonds. The van der Waals surface area contributed by atoms with E-state index in [1.807, 2.05) is 18.2 Å². The van der Waals surface area contributed by atoms with Gasteiger partial charge in [-0.05, 0) is 58.9 Å². The van der Waals surface area contributed by atoms with Crippen molar-refractivity contribution in [1.29, 1.82) is 0 Å². The molecule has 4 heteroatoms. The number of likely N-dealkylation sites (N-methyl/N-ethyl adjacent to an activating group) is 1. The molecule has 0 bridgehead atoms. The van der Waals surface area contributed by atoms with Crippen molar-refractivity contribution < 1.29 is 9.53 Å². The fourth-order valence-corrected chi connectivity index (χ4v) is 3.99. The van der Waals surface area contributed by atoms with Crippen LogP contribution in [0, 0.1) is 6.92 Å². The van der Waals surface area contributed by atoms with E-state index in [1.165, 1.54) is 33.4 Å². The average Bonchev–Trinajstić information content (AvgIpc) is 2.88. The van der Waals surface area contributed by atoms with E-state index in [2.05, 4.69) is 85.9 Å². The molecule has 0 aromatic heterocycles. The van der Waals surface area contributed by atoms with Crippen molar-refractivity contribution >= 4 is 17.1 Å². The zero-order valence-electron chi connectivity index (χ0n) is 21.3. The maximum atomic E-state index is 11.5. The molecule has 0 saturated heterocycles. The molecular formula is C31H36N2O2. The first-order valence-electron chi connectivity index (χ1n) is 12.2. The highest BCUT2D eigenvalue weighted by Gasteiger charge is 2.14. The summed E-state index contributed by atoms with van der Waals surface area (Å²) in [6.45, 7) is 6.28. The Morgan fingerprint density at radius 1 is 0.914 bits per heavy atom. The lowest BCUT2D eigenvalue weighted by molar-refractivity contribution is -0.123. The maximum absolute atomic E-state index is 11.5. The van der Waals surface area contributed by atoms with Crippen LogP contribution in [-0.4, -0.2) is 44.6 Å². The van der Waals surface area contributed by atoms with E-state index >= 15 is 0 Å². The van der Waals surface area contributed by atoms with Crippen LogP contribution >= 0.6 is 0 Å². The van der Waals surface area contributed by atoms with E-state index in [9.17, 15) is 4.79 Å². The molecule has 0 spiro atoms. The van der Waals surface area contributed by atoms with Gasteiger partial charge in [-0.15, -0.1) is 0 Å². The van der Waals surface area contributed by atoms with Crippen LogP contribution in [0.2, 0.25) is 0 Å². The molecule has 3 rings (SSSR count). The summed E-state index contributed by atoms with van der Waals surface area (Å²) in [5, 5.41) is 3.26. The lowest BCUT2D eigenvalue weighted by Crippen LogP contribution is -2.22. The summed E-state index contributed by atoms with van der Waals surface area (Å²) >= 11 is 0. The standard InChI is InChI=1S/C31H36N2O2/c1-5-28(29-15-10-9-12-24(29)2)31(25-13-7-6-8-14-25)26-17-19-27(20-18-26)35-23-22-32-21-11-16-30(34)33(3)4/h6-20,32H,5,21-23H2,1-4H3/b16-11+,31-28-. The number of hydrogen-bond acceptors (Lipinski definition) is 3. The van der Waals surface area contributed by atoms with Gasteiger partial charge in [0.05, 0.1) is 0 Å². The van der Waals surface area contributed by atoms with Crippen LogP contribution in [0.3, 0.4) is 0 Å². The summed E-state index contributed by atoms with van der Waals surface area (Å²) in [5.74, 6) is 0.830. The summed E-state index contributed by atoms with van der Waals surface area (Å²) in [5.41, 5.74) is 7.57. The molecule has 0 fully saturated rings. The van der Waals surface area contributed by atoms with Crippen LogP contribution in [0.4, 0.5) is 0 Å². The first-order valence-corrected chi connectivity index (χ1v) is 12.2. The van der Waals surface area contributed by atoms with Gasteiger partial charge < -0.3 is 15.0 Å². The largest absolute Gasteiger partial charge is 0.492 e. The highest BCUT2D eigenvalue weighted by Crippen LogP contribution is 2.36. The molecule has 0 radical (unpaired) electrons. The first kappa shape index (κ1) is 26.0. The number of rotatable bonds is 11. The van der Waals surface area contributed by atoms with E-state index in [0.717, 1.165) is 12.2 Å². The molecule has 0 aliphatic heterocycles. The van der Waals surface area contributed by atoms with Gasteiger partial charge in [0, 0.05) is 33.3 Å². The summed E-state index contributed by atoms with van der Waals surface area (Å²) < 4.78 is 5.93. The molecule has 0 heterocycles. The average molecular weight is 469 g/mol. The number of hydrogen-bond donors (Lipinski definition) is 1. The van der Waals surface area contributed by atoms with Gasteiger partial charge in [0.1, 0.15) is 12.4 Å². The Balaban J connectivity index is 1.72. The molecule has 0 aliphatic carbocycles. The van der Waals surface area contributed by atoms with Crippen molar-refractivity contribution in [2.24, 2.45) is 0 Å². The van der Waals surface area contributed by atoms with E-state index in [4.69, 9.17) is 4.74 Å². The normalized spacial score (nSPS) is 11.9. The van der Waals surface area contributed by atoms with Crippen molar-refractivity contribution in [3.05, 3.63) is 113 Å². The second-order valence-electron chi connectivity index (χ2n) is 8.60. The lowest BCUT2D eigenvalue weighted by Gasteiger charge is -2.18. The van der Waals surface area contributed by atoms with Crippen molar-refractivity contribution in [2.75, 3.05) is 33.8 Å². The van der Waals surface area contributed by atoms with Crippen LogP contribution in [0.5, 0.6) is 5.75 Å². The topological polar surface area (TPSA) is 41.6 Å². The fourth-order valence-electron chi connectivity index (χ4n) is 3.99. The fraction of sp³-hybridized carbons (Fsp3) is 0.258. The van der Waals surface area contributed by atoms with Crippen molar-refractivity contribution in [1.82, 2.24) is 10.2 Å². The summed E-state index contributed by atoms with van der Waals surface area (Å²) in [6.07, 6.45) is 4.34. The third kappa shape index (κ3) is 7.43. The highest BCUT2D eigenvalue weighted by molar-refractivity contribution is 5.99. The van der Waals surface area contributed by atoms with E-state index in [-0.39, 0.29) is 5.91 Å². The van der Waals surface area contributed by atoms with Gasteiger partial charge in [0.25, 0.3) is 0 Å². The number of allylic oxidation sites excluding steroid dienone is 1. The molecular weight excluding hydrogens is 432 g/mol. The number of ether oxygens (including phenoxy) is 1. The van der Waals surface area contributed by atoms with Crippen LogP contribution < -0.4 is 10.1 Å². The zero-order chi connectivity index (χ0) is 25.0. The number of aryl methyl sites for hydroxylation is 1. The third-order valence-corrected chi connectivity index (χ3v) is 5.84. The zero-order valence-corrected chi connectivity index (χ0v) is 21.3. The Bertz CT molecular complexity index is 1150. The number of nitrogens with zero attached hydrogens (tertiary/aromatic N) is 1. The number of amides is 1. The Morgan fingerprint density at radius 3 is 2.23 bits per heavy atom. The van der Waals surface area contributed by atoms with E-state index in [1.54, 1.807) is 25.1 Å². The van der Waals surface area contributed by atoms with E-state index in [0.29, 0.717) is 19.7 Å². The third-order valence-electron chi connectivity index (χ3n) is 5.84. The summed E-state index contributed by atoms with van der Waals surface area (Å²) in [6, 6.07) is 27.6.